The Morgan fingerprint density at radius 3 is 1.80 bits per heavy atom. The summed E-state index contributed by atoms with van der Waals surface area (Å²) < 4.78 is 4.50. The molecule has 0 amide bonds. The van der Waals surface area contributed by atoms with E-state index in [2.05, 4.69) is 42.8 Å². The Hall–Kier alpha value is -1.35. The molecule has 0 spiro atoms. The smallest absolute Gasteiger partial charge is 0.329 e. The summed E-state index contributed by atoms with van der Waals surface area (Å²) in [6.45, 7) is 6.23. The van der Waals surface area contributed by atoms with Crippen LogP contribution in [-0.4, -0.2) is 24.3 Å². The summed E-state index contributed by atoms with van der Waals surface area (Å²) in [5.74, 6) is -0.915. The minimum absolute atomic E-state index is 0.184. The number of carboxylic acids is 1. The molecule has 1 N–H and O–H groups in total. The van der Waals surface area contributed by atoms with Gasteiger partial charge in [-0.3, -0.25) is 0 Å². The third kappa shape index (κ3) is 8.97. The Kier molecular flexibility index (Phi) is 7.28. The van der Waals surface area contributed by atoms with Crippen molar-refractivity contribution in [3.8, 4) is 0 Å². The van der Waals surface area contributed by atoms with Crippen molar-refractivity contribution in [3.63, 3.8) is 0 Å². The van der Waals surface area contributed by atoms with E-state index in [1.807, 2.05) is 0 Å². The van der Waals surface area contributed by atoms with E-state index in [1.165, 1.54) is 11.1 Å². The van der Waals surface area contributed by atoms with Crippen LogP contribution in [0, 0.1) is 13.8 Å². The summed E-state index contributed by atoms with van der Waals surface area (Å²) in [5.41, 5.74) is 2.66. The second kappa shape index (κ2) is 8.00. The Balaban J connectivity index is 0.000000265. The lowest BCUT2D eigenvalue weighted by atomic mass is 10.2. The van der Waals surface area contributed by atoms with Gasteiger partial charge in [0.15, 0.2) is 0 Å². The van der Waals surface area contributed by atoms with E-state index in [0.717, 1.165) is 0 Å². The van der Waals surface area contributed by atoms with Gasteiger partial charge in [0, 0.05) is 6.61 Å². The molecule has 15 heavy (non-hydrogen) atoms. The van der Waals surface area contributed by atoms with E-state index >= 15 is 0 Å². The van der Waals surface area contributed by atoms with Crippen LogP contribution in [0.2, 0.25) is 0 Å². The number of ether oxygens (including phenoxy) is 1. The fourth-order valence-corrected chi connectivity index (χ4v) is 0.826. The summed E-state index contributed by atoms with van der Waals surface area (Å²) in [4.78, 5) is 9.63. The Labute approximate surface area is 90.7 Å². The molecule has 0 bridgehead atoms. The maximum absolute atomic E-state index is 9.63. The number of hydrogen-bond acceptors (Lipinski definition) is 2. The van der Waals surface area contributed by atoms with Crippen LogP contribution in [0.15, 0.2) is 24.3 Å². The van der Waals surface area contributed by atoms with Gasteiger partial charge >= 0.3 is 5.97 Å². The fraction of sp³-hybridized carbons (Fsp3) is 0.417. The Bertz CT molecular complexity index is 256. The largest absolute Gasteiger partial charge is 0.480 e. The highest BCUT2D eigenvalue weighted by Gasteiger charge is 1.90. The molecule has 0 aliphatic rings. The van der Waals surface area contributed by atoms with Crippen LogP contribution in [0.5, 0.6) is 0 Å². The van der Waals surface area contributed by atoms with Crippen molar-refractivity contribution in [2.45, 2.75) is 20.8 Å². The predicted molar refractivity (Wildman–Crippen MR) is 60.0 cm³/mol. The molecule has 1 rings (SSSR count). The van der Waals surface area contributed by atoms with Gasteiger partial charge in [0.05, 0.1) is 0 Å². The molecule has 3 nitrogen and oxygen atoms in total. The molecule has 0 aromatic heterocycles. The predicted octanol–water partition coefficient (Wildman–Crippen LogP) is 2.41. The molecule has 84 valence electrons. The lowest BCUT2D eigenvalue weighted by molar-refractivity contribution is -0.142. The van der Waals surface area contributed by atoms with Gasteiger partial charge in [-0.2, -0.15) is 0 Å². The van der Waals surface area contributed by atoms with Crippen molar-refractivity contribution < 1.29 is 14.6 Å². The SMILES string of the molecule is CCOCC(=O)O.Cc1ccc(C)cc1. The molecule has 0 heterocycles. The van der Waals surface area contributed by atoms with Crippen molar-refractivity contribution in [2.24, 2.45) is 0 Å². The van der Waals surface area contributed by atoms with E-state index in [-0.39, 0.29) is 6.61 Å². The van der Waals surface area contributed by atoms with Crippen LogP contribution in [0.1, 0.15) is 18.1 Å². The van der Waals surface area contributed by atoms with Gasteiger partial charge in [0.2, 0.25) is 0 Å². The molecule has 0 aliphatic heterocycles. The van der Waals surface area contributed by atoms with Gasteiger partial charge < -0.3 is 9.84 Å². The van der Waals surface area contributed by atoms with Gasteiger partial charge in [-0.15, -0.1) is 0 Å². The quantitative estimate of drug-likeness (QED) is 0.833. The number of carbonyl (C=O) groups is 1. The number of carboxylic acid groups (broad SMARTS) is 1. The number of hydrogen-bond donors (Lipinski definition) is 1. The van der Waals surface area contributed by atoms with Crippen LogP contribution >= 0.6 is 0 Å². The first-order valence-corrected chi connectivity index (χ1v) is 4.89. The highest BCUT2D eigenvalue weighted by molar-refractivity contribution is 5.67. The average Bonchev–Trinajstić information content (AvgIpc) is 2.20. The second-order valence-electron chi connectivity index (χ2n) is 3.19. The molecule has 0 saturated carbocycles. The maximum Gasteiger partial charge on any atom is 0.329 e. The van der Waals surface area contributed by atoms with E-state index in [0.29, 0.717) is 6.61 Å². The van der Waals surface area contributed by atoms with Crippen LogP contribution in [-0.2, 0) is 9.53 Å². The van der Waals surface area contributed by atoms with E-state index in [1.54, 1.807) is 6.92 Å². The van der Waals surface area contributed by atoms with Gasteiger partial charge in [0.1, 0.15) is 6.61 Å². The topological polar surface area (TPSA) is 46.5 Å². The van der Waals surface area contributed by atoms with Crippen molar-refractivity contribution in [3.05, 3.63) is 35.4 Å². The van der Waals surface area contributed by atoms with Crippen molar-refractivity contribution in [1.29, 1.82) is 0 Å². The van der Waals surface area contributed by atoms with E-state index < -0.39 is 5.97 Å². The van der Waals surface area contributed by atoms with E-state index in [9.17, 15) is 4.79 Å². The van der Waals surface area contributed by atoms with Crippen LogP contribution in [0.25, 0.3) is 0 Å². The number of aliphatic carboxylic acids is 1. The third-order valence-electron chi connectivity index (χ3n) is 1.65. The molecule has 0 unspecified atom stereocenters. The highest BCUT2D eigenvalue weighted by atomic mass is 16.5. The van der Waals surface area contributed by atoms with Crippen LogP contribution in [0.3, 0.4) is 0 Å². The standard InChI is InChI=1S/C8H10.C4H8O3/c1-7-3-5-8(2)6-4-7;1-2-7-3-4(5)6/h3-6H,1-2H3;2-3H2,1H3,(H,5,6). The summed E-state index contributed by atoms with van der Waals surface area (Å²) in [6.07, 6.45) is 0. The highest BCUT2D eigenvalue weighted by Crippen LogP contribution is 1.99. The Morgan fingerprint density at radius 1 is 1.20 bits per heavy atom. The first kappa shape index (κ1) is 13.7. The summed E-state index contributed by atoms with van der Waals surface area (Å²) in [6, 6.07) is 8.48. The van der Waals surface area contributed by atoms with Crippen LogP contribution in [0.4, 0.5) is 0 Å². The molecule has 0 radical (unpaired) electrons. The normalized spacial score (nSPS) is 9.00. The van der Waals surface area contributed by atoms with Gasteiger partial charge in [-0.05, 0) is 20.8 Å². The first-order valence-electron chi connectivity index (χ1n) is 4.89. The molecular formula is C12H18O3. The van der Waals surface area contributed by atoms with Crippen molar-refractivity contribution in [2.75, 3.05) is 13.2 Å². The van der Waals surface area contributed by atoms with Gasteiger partial charge in [-0.25, -0.2) is 4.79 Å². The molecule has 1 aromatic carbocycles. The van der Waals surface area contributed by atoms with Crippen LogP contribution < -0.4 is 0 Å². The lowest BCUT2D eigenvalue weighted by Crippen LogP contribution is -2.05. The number of benzene rings is 1. The third-order valence-corrected chi connectivity index (χ3v) is 1.65. The van der Waals surface area contributed by atoms with Crippen molar-refractivity contribution >= 4 is 5.97 Å². The zero-order chi connectivity index (χ0) is 11.7. The molecular weight excluding hydrogens is 192 g/mol. The molecule has 0 aliphatic carbocycles. The molecule has 1 aromatic rings. The zero-order valence-electron chi connectivity index (χ0n) is 9.49. The molecule has 0 fully saturated rings. The summed E-state index contributed by atoms with van der Waals surface area (Å²) in [5, 5.41) is 7.92. The molecule has 0 saturated heterocycles. The minimum Gasteiger partial charge on any atom is -0.480 e. The maximum atomic E-state index is 9.63. The molecule has 3 heteroatoms. The fourth-order valence-electron chi connectivity index (χ4n) is 0.826. The minimum atomic E-state index is -0.915. The summed E-state index contributed by atoms with van der Waals surface area (Å²) in [7, 11) is 0. The lowest BCUT2D eigenvalue weighted by Gasteiger charge is -1.90. The zero-order valence-corrected chi connectivity index (χ0v) is 9.49. The van der Waals surface area contributed by atoms with Crippen molar-refractivity contribution in [1.82, 2.24) is 0 Å². The summed E-state index contributed by atoms with van der Waals surface area (Å²) >= 11 is 0. The van der Waals surface area contributed by atoms with E-state index in [4.69, 9.17) is 5.11 Å². The number of aryl methyl sites for hydroxylation is 2. The average molecular weight is 210 g/mol. The monoisotopic (exact) mass is 210 g/mol. The molecule has 0 atom stereocenters. The first-order chi connectivity index (χ1) is 7.06. The van der Waals surface area contributed by atoms with Gasteiger partial charge in [-0.1, -0.05) is 35.4 Å². The van der Waals surface area contributed by atoms with Gasteiger partial charge in [0.25, 0.3) is 0 Å². The number of rotatable bonds is 3. The Morgan fingerprint density at radius 2 is 1.60 bits per heavy atom. The second-order valence-corrected chi connectivity index (χ2v) is 3.19.